The molecule has 0 aromatic heterocycles. The van der Waals surface area contributed by atoms with E-state index in [-0.39, 0.29) is 59.5 Å². The topological polar surface area (TPSA) is 416 Å². The van der Waals surface area contributed by atoms with Gasteiger partial charge in [-0.15, -0.1) is 32.9 Å². The lowest BCUT2D eigenvalue weighted by atomic mass is 10.0. The fraction of sp³-hybridized carbons (Fsp3) is 0.436. The summed E-state index contributed by atoms with van der Waals surface area (Å²) in [5, 5.41) is 80.8. The van der Waals surface area contributed by atoms with Crippen molar-refractivity contribution in [3.8, 4) is 80.5 Å². The molecule has 31 nitrogen and oxygen atoms in total. The number of alkyl halides is 1. The Morgan fingerprint density at radius 2 is 0.541 bits per heavy atom. The number of rotatable bonds is 31. The highest BCUT2D eigenvalue weighted by atomic mass is 79.9. The van der Waals surface area contributed by atoms with Gasteiger partial charge in [0.25, 0.3) is 0 Å². The second-order valence-electron chi connectivity index (χ2n) is 30.5. The van der Waals surface area contributed by atoms with Gasteiger partial charge >= 0.3 is 0 Å². The van der Waals surface area contributed by atoms with Crippen LogP contribution in [-0.4, -0.2) is 281 Å². The van der Waals surface area contributed by atoms with E-state index >= 15 is 0 Å². The van der Waals surface area contributed by atoms with Crippen LogP contribution in [0, 0.1) is 0 Å². The molecule has 846 valence electrons. The third kappa shape index (κ3) is 80.9. The van der Waals surface area contributed by atoms with E-state index in [1.807, 2.05) is 124 Å². The Morgan fingerprint density at radius 1 is 0.311 bits per heavy atom. The van der Waals surface area contributed by atoms with Crippen LogP contribution in [0.2, 0.25) is 0 Å². The molecule has 0 saturated carbocycles. The smallest absolute Gasteiger partial charge is 0.174 e. The minimum Gasteiger partial charge on any atom is -0.497 e. The molecular weight excluding hydrogens is 2180 g/mol. The third-order valence-corrected chi connectivity index (χ3v) is 21.8. The first-order valence-corrected chi connectivity index (χ1v) is 59.6. The van der Waals surface area contributed by atoms with Crippen molar-refractivity contribution in [2.45, 2.75) is 93.1 Å². The monoisotopic (exact) mass is 2360 g/mol. The van der Waals surface area contributed by atoms with Gasteiger partial charge in [0, 0.05) is 74.8 Å². The Hall–Kier alpha value is -9.02. The highest BCUT2D eigenvalue weighted by Gasteiger charge is 2.23. The van der Waals surface area contributed by atoms with E-state index in [1.165, 1.54) is 14.2 Å². The summed E-state index contributed by atoms with van der Waals surface area (Å²) in [6.07, 6.45) is 8.28. The molecule has 0 radical (unpaired) electrons. The zero-order valence-corrected chi connectivity index (χ0v) is 103. The molecule has 9 rings (SSSR count). The van der Waals surface area contributed by atoms with Crippen LogP contribution in [0.15, 0.2) is 212 Å². The molecule has 0 atom stereocenters. The van der Waals surface area contributed by atoms with Gasteiger partial charge in [0.15, 0.2) is 23.0 Å². The van der Waals surface area contributed by atoms with Crippen LogP contribution >= 0.6 is 76.4 Å². The zero-order valence-electron chi connectivity index (χ0n) is 94.4. The van der Waals surface area contributed by atoms with Crippen molar-refractivity contribution in [1.82, 2.24) is 0 Å². The van der Waals surface area contributed by atoms with Crippen LogP contribution in [0.25, 0.3) is 6.08 Å². The first-order chi connectivity index (χ1) is 70.2. The molecule has 148 heavy (non-hydrogen) atoms. The van der Waals surface area contributed by atoms with Gasteiger partial charge in [-0.05, 0) is 277 Å². The third-order valence-electron chi connectivity index (χ3n) is 16.5. The second-order valence-corrected chi connectivity index (χ2v) is 46.3. The van der Waals surface area contributed by atoms with E-state index in [0.717, 1.165) is 100 Å². The lowest BCUT2D eigenvalue weighted by Gasteiger charge is -2.17. The van der Waals surface area contributed by atoms with Gasteiger partial charge in [0.2, 0.25) is 0 Å². The number of halogens is 3. The van der Waals surface area contributed by atoms with E-state index in [0.29, 0.717) is 80.7 Å². The lowest BCUT2D eigenvalue weighted by Crippen LogP contribution is -2.10. The number of aliphatic hydroxyl groups excluding tert-OH is 9. The van der Waals surface area contributed by atoms with Gasteiger partial charge < -0.3 is 149 Å². The van der Waals surface area contributed by atoms with Crippen LogP contribution in [0.1, 0.15) is 88.4 Å². The minimum absolute atomic E-state index is 0.0149. The van der Waals surface area contributed by atoms with E-state index < -0.39 is 28.6 Å². The number of allylic oxidation sites excluding steroid dienone is 2. The molecule has 0 heterocycles. The Morgan fingerprint density at radius 3 is 0.764 bits per heavy atom. The number of ether oxygens (including phenoxy) is 18. The summed E-state index contributed by atoms with van der Waals surface area (Å²) < 4.78 is 136. The average molecular weight is 2360 g/mol. The number of hydrogen-bond donors (Lipinski definition) is 9. The number of aliphatic hydroxyl groups is 9. The largest absolute Gasteiger partial charge is 0.497 e. The van der Waals surface area contributed by atoms with Crippen LogP contribution in [-0.2, 0) is 103 Å². The number of benzene rings is 9. The van der Waals surface area contributed by atoms with Crippen molar-refractivity contribution in [3.63, 3.8) is 0 Å². The molecule has 0 aliphatic rings. The van der Waals surface area contributed by atoms with Gasteiger partial charge in [-0.2, -0.15) is 0 Å². The SMILES string of the molecule is C=C.C=C.C=CC.CBr.CC.COC.COC.COC.COC.COc1cc(CO)cc(Br)c1OC.COc1cc(CO)cc(OC)c1/C=C/CP(C)(C)=O.COc1cc(CO)cc(OC)c1Br.COc1cc(CO)cc(OC)c1CCCP(C)(C)=O.COc1cc(CO)cc(P(C)(C)=O)c1OC.COc1cccc(CO)c1.COc1cccc(CO)c1.COc1cccc(CO)c1.COc1cccc(CO)c1.CP(C)(C)=O. The van der Waals surface area contributed by atoms with Crippen molar-refractivity contribution in [2.75, 3.05) is 235 Å². The second kappa shape index (κ2) is 102. The number of hydrogen-bond acceptors (Lipinski definition) is 31. The molecule has 38 heteroatoms. The number of methoxy groups -OCH3 is 18. The summed E-state index contributed by atoms with van der Waals surface area (Å²) in [6, 6.07) is 47.0. The molecule has 0 spiro atoms. The summed E-state index contributed by atoms with van der Waals surface area (Å²) in [5.41, 5.74) is 8.94. The molecular formula is C110H179Br3O31P4. The first kappa shape index (κ1) is 159. The summed E-state index contributed by atoms with van der Waals surface area (Å²) >= 11 is 9.59. The molecule has 9 aromatic carbocycles. The fourth-order valence-electron chi connectivity index (χ4n) is 10.3. The van der Waals surface area contributed by atoms with Crippen molar-refractivity contribution >= 4 is 87.7 Å². The summed E-state index contributed by atoms with van der Waals surface area (Å²) in [5.74, 6) is 11.2. The standard InChI is InChI=1S/C14H23O4P.C14H21O4P.C11H17O4P.2C9H11BrO3.4C8H10O2.C3H9OP.C3H6.4C2H6O.C2H6.2C2H4.CH3Br/c2*1-17-13-8-11(10-15)9-14(18-2)12(13)6-5-7-19(3,4)16;1-14-9-5-8(7-12)6-10(11(9)15-2)16(3,4)13;1-12-7-3-6(5-11)4-8(13-2)9(7)10;1-12-8-4-6(5-11)3-7(10)9(8)13-2;4*1-10-8-4-2-3-7(5-8)6-9;1-5(2,3)4;5*1-3-2;4*1-2/h8-9,15H,5-7,10H2,1-4H3;5-6,8-9,15H,7,10H2,1-4H3;5-6,12H,7H2,1-4H3;2*3-4,11H,5H2,1-2H3;4*2-5,9H,6H2,1H3;1-3H3;3H,1H2,2H3;4*1-2H3;1-2H3;2*1-2H2;1H3/b;6-5+;;;;;;;;;;;;;;;;;. The molecule has 0 bridgehead atoms. The summed E-state index contributed by atoms with van der Waals surface area (Å²) in [6.45, 7) is 36.9. The highest BCUT2D eigenvalue weighted by Crippen LogP contribution is 2.44. The summed E-state index contributed by atoms with van der Waals surface area (Å²) in [4.78, 5) is 0. The molecule has 0 saturated heterocycles. The van der Waals surface area contributed by atoms with Gasteiger partial charge in [0.05, 0.1) is 196 Å². The Labute approximate surface area is 912 Å². The predicted molar refractivity (Wildman–Crippen MR) is 625 cm³/mol. The van der Waals surface area contributed by atoms with Crippen LogP contribution in [0.5, 0.6) is 80.5 Å². The molecule has 9 N–H and O–H groups in total. The molecule has 0 unspecified atom stereocenters. The van der Waals surface area contributed by atoms with Crippen molar-refractivity contribution in [3.05, 3.63) is 273 Å². The summed E-state index contributed by atoms with van der Waals surface area (Å²) in [7, 11) is 26.9. The van der Waals surface area contributed by atoms with Crippen molar-refractivity contribution < 1.29 is 149 Å². The molecule has 9 aromatic rings. The maximum Gasteiger partial charge on any atom is 0.174 e. The highest BCUT2D eigenvalue weighted by molar-refractivity contribution is 9.11. The zero-order chi connectivity index (χ0) is 117. The fourth-order valence-corrected chi connectivity index (χ4v) is 14.2. The van der Waals surface area contributed by atoms with Gasteiger partial charge in [0.1, 0.15) is 69.1 Å². The van der Waals surface area contributed by atoms with Gasteiger partial charge in [-0.25, -0.2) is 0 Å². The van der Waals surface area contributed by atoms with Crippen LogP contribution in [0.3, 0.4) is 0 Å². The van der Waals surface area contributed by atoms with Crippen molar-refractivity contribution in [2.24, 2.45) is 0 Å². The molecule has 0 amide bonds. The van der Waals surface area contributed by atoms with Crippen LogP contribution < -0.4 is 71.6 Å². The maximum atomic E-state index is 12.1. The van der Waals surface area contributed by atoms with Gasteiger partial charge in [-0.3, -0.25) is 0 Å². The van der Waals surface area contributed by atoms with E-state index in [1.54, 1.807) is 281 Å². The van der Waals surface area contributed by atoms with Crippen LogP contribution in [0.4, 0.5) is 0 Å². The lowest BCUT2D eigenvalue weighted by molar-refractivity contribution is 0.277. The Kier molecular flexibility index (Phi) is 110. The molecule has 0 aliphatic heterocycles. The Bertz CT molecular complexity index is 4650. The van der Waals surface area contributed by atoms with Gasteiger partial charge in [-0.1, -0.05) is 96.5 Å². The van der Waals surface area contributed by atoms with Crippen molar-refractivity contribution in [1.29, 1.82) is 0 Å². The maximum absolute atomic E-state index is 12.1. The normalized spacial score (nSPS) is 9.59. The predicted octanol–water partition coefficient (Wildman–Crippen LogP) is 22.8. The Balaban J connectivity index is -0.000000176. The van der Waals surface area contributed by atoms with E-state index in [4.69, 9.17) is 102 Å². The molecule has 0 fully saturated rings. The average Bonchev–Trinajstić information content (AvgIpc) is 0.793. The minimum atomic E-state index is -2.47. The van der Waals surface area contributed by atoms with E-state index in [2.05, 4.69) is 99.6 Å². The van der Waals surface area contributed by atoms with E-state index in [9.17, 15) is 28.5 Å². The quantitative estimate of drug-likeness (QED) is 0.0111. The first-order valence-electron chi connectivity index (χ1n) is 45.2. The molecule has 0 aliphatic carbocycles.